The van der Waals surface area contributed by atoms with Gasteiger partial charge in [0.05, 0.1) is 4.92 Å². The van der Waals surface area contributed by atoms with Gasteiger partial charge in [0.2, 0.25) is 5.95 Å². The molecule has 1 aromatic carbocycles. The van der Waals surface area contributed by atoms with Gasteiger partial charge in [-0.25, -0.2) is 9.97 Å². The number of aromatic nitrogens is 2. The van der Waals surface area contributed by atoms with Crippen molar-refractivity contribution in [3.05, 3.63) is 44.6 Å². The summed E-state index contributed by atoms with van der Waals surface area (Å²) >= 11 is 0. The molecule has 110 valence electrons. The molecule has 2 rings (SSSR count). The van der Waals surface area contributed by atoms with Crippen LogP contribution in [0.2, 0.25) is 0 Å². The van der Waals surface area contributed by atoms with E-state index in [2.05, 4.69) is 15.3 Å². The van der Waals surface area contributed by atoms with Crippen LogP contribution in [0.4, 0.5) is 11.6 Å². The molecular weight excluding hydrogens is 268 g/mol. The van der Waals surface area contributed by atoms with Crippen LogP contribution in [0.1, 0.15) is 22.4 Å². The van der Waals surface area contributed by atoms with E-state index in [4.69, 9.17) is 0 Å². The fraction of sp³-hybridized carbons (Fsp3) is 0.333. The van der Waals surface area contributed by atoms with E-state index in [0.29, 0.717) is 17.3 Å². The highest BCUT2D eigenvalue weighted by atomic mass is 16.6. The Kier molecular flexibility index (Phi) is 3.88. The molecule has 1 N–H and O–H groups in total. The van der Waals surface area contributed by atoms with Crippen molar-refractivity contribution in [2.45, 2.75) is 27.7 Å². The Bertz CT molecular complexity index is 703. The smallest absolute Gasteiger partial charge is 0.316 e. The minimum atomic E-state index is -0.414. The molecule has 21 heavy (non-hydrogen) atoms. The highest BCUT2D eigenvalue weighted by Gasteiger charge is 2.25. The molecule has 0 saturated heterocycles. The molecule has 2 aromatic rings. The summed E-state index contributed by atoms with van der Waals surface area (Å²) < 4.78 is 0. The van der Waals surface area contributed by atoms with Crippen LogP contribution in [0, 0.1) is 37.8 Å². The van der Waals surface area contributed by atoms with E-state index in [1.165, 1.54) is 0 Å². The summed E-state index contributed by atoms with van der Waals surface area (Å²) in [5, 5.41) is 14.3. The van der Waals surface area contributed by atoms with Gasteiger partial charge in [-0.1, -0.05) is 17.7 Å². The molecule has 0 spiro atoms. The normalized spacial score (nSPS) is 10.5. The van der Waals surface area contributed by atoms with Crippen molar-refractivity contribution in [1.29, 1.82) is 0 Å². The van der Waals surface area contributed by atoms with Crippen molar-refractivity contribution in [1.82, 2.24) is 9.97 Å². The van der Waals surface area contributed by atoms with Crippen LogP contribution in [0.5, 0.6) is 0 Å². The van der Waals surface area contributed by atoms with Crippen LogP contribution in [0.25, 0.3) is 11.3 Å². The molecule has 6 nitrogen and oxygen atoms in total. The summed E-state index contributed by atoms with van der Waals surface area (Å²) in [6.07, 6.45) is 0. The third-order valence-electron chi connectivity index (χ3n) is 3.38. The first kappa shape index (κ1) is 14.9. The zero-order valence-corrected chi connectivity index (χ0v) is 12.8. The predicted octanol–water partition coefficient (Wildman–Crippen LogP) is 3.33. The van der Waals surface area contributed by atoms with Gasteiger partial charge in [0.1, 0.15) is 5.69 Å². The molecule has 0 saturated carbocycles. The fourth-order valence-electron chi connectivity index (χ4n) is 2.63. The SMILES string of the molecule is CNc1nc(C)c([N+](=O)[O-])c(-c2c(C)cc(C)cc2C)n1. The number of hydrogen-bond acceptors (Lipinski definition) is 5. The zero-order valence-electron chi connectivity index (χ0n) is 12.8. The Morgan fingerprint density at radius 2 is 1.67 bits per heavy atom. The number of aryl methyl sites for hydroxylation is 4. The number of anilines is 1. The van der Waals surface area contributed by atoms with Gasteiger partial charge in [0.25, 0.3) is 0 Å². The number of nitro groups is 1. The first-order valence-corrected chi connectivity index (χ1v) is 6.64. The van der Waals surface area contributed by atoms with E-state index >= 15 is 0 Å². The van der Waals surface area contributed by atoms with E-state index in [1.807, 2.05) is 32.9 Å². The topological polar surface area (TPSA) is 81.0 Å². The maximum Gasteiger partial charge on any atom is 0.316 e. The van der Waals surface area contributed by atoms with E-state index in [-0.39, 0.29) is 5.69 Å². The van der Waals surface area contributed by atoms with Crippen molar-refractivity contribution in [2.75, 3.05) is 12.4 Å². The van der Waals surface area contributed by atoms with Gasteiger partial charge in [-0.2, -0.15) is 0 Å². The average molecular weight is 286 g/mol. The fourth-order valence-corrected chi connectivity index (χ4v) is 2.63. The minimum absolute atomic E-state index is 0.0379. The van der Waals surface area contributed by atoms with Gasteiger partial charge in [-0.15, -0.1) is 0 Å². The van der Waals surface area contributed by atoms with Crippen LogP contribution in [-0.2, 0) is 0 Å². The lowest BCUT2D eigenvalue weighted by Crippen LogP contribution is -2.06. The van der Waals surface area contributed by atoms with Crippen LogP contribution in [0.3, 0.4) is 0 Å². The van der Waals surface area contributed by atoms with Gasteiger partial charge in [0.15, 0.2) is 5.69 Å². The molecule has 1 heterocycles. The lowest BCUT2D eigenvalue weighted by Gasteiger charge is -2.13. The van der Waals surface area contributed by atoms with E-state index in [0.717, 1.165) is 22.3 Å². The second-order valence-corrected chi connectivity index (χ2v) is 5.11. The molecule has 0 atom stereocenters. The first-order valence-electron chi connectivity index (χ1n) is 6.64. The number of rotatable bonds is 3. The molecular formula is C15H18N4O2. The molecule has 0 radical (unpaired) electrons. The molecule has 6 heteroatoms. The third kappa shape index (κ3) is 2.69. The van der Waals surface area contributed by atoms with Gasteiger partial charge < -0.3 is 5.32 Å². The van der Waals surface area contributed by atoms with Crippen molar-refractivity contribution in [2.24, 2.45) is 0 Å². The number of hydrogen-bond donors (Lipinski definition) is 1. The lowest BCUT2D eigenvalue weighted by molar-refractivity contribution is -0.385. The van der Waals surface area contributed by atoms with Gasteiger partial charge in [-0.3, -0.25) is 10.1 Å². The standard InChI is InChI=1S/C15H18N4O2/c1-8-6-9(2)12(10(3)7-8)13-14(19(20)21)11(4)17-15(16-5)18-13/h6-7H,1-5H3,(H,16,17,18). The molecule has 0 unspecified atom stereocenters. The van der Waals surface area contributed by atoms with Crippen molar-refractivity contribution in [3.63, 3.8) is 0 Å². The van der Waals surface area contributed by atoms with Gasteiger partial charge in [0, 0.05) is 12.6 Å². The van der Waals surface area contributed by atoms with Crippen LogP contribution < -0.4 is 5.32 Å². The summed E-state index contributed by atoms with van der Waals surface area (Å²) in [5.74, 6) is 0.382. The van der Waals surface area contributed by atoms with Gasteiger partial charge in [-0.05, 0) is 38.8 Å². The molecule has 0 aliphatic rings. The van der Waals surface area contributed by atoms with Crippen molar-refractivity contribution < 1.29 is 4.92 Å². The highest BCUT2D eigenvalue weighted by Crippen LogP contribution is 2.35. The van der Waals surface area contributed by atoms with E-state index in [1.54, 1.807) is 14.0 Å². The summed E-state index contributed by atoms with van der Waals surface area (Å²) in [5.41, 5.74) is 4.54. The van der Waals surface area contributed by atoms with Gasteiger partial charge >= 0.3 is 5.69 Å². The summed E-state index contributed by atoms with van der Waals surface area (Å²) in [7, 11) is 1.69. The quantitative estimate of drug-likeness (QED) is 0.691. The monoisotopic (exact) mass is 286 g/mol. The average Bonchev–Trinajstić information content (AvgIpc) is 2.36. The number of nitrogens with zero attached hydrogens (tertiary/aromatic N) is 3. The third-order valence-corrected chi connectivity index (χ3v) is 3.38. The molecule has 0 aliphatic heterocycles. The molecule has 0 aliphatic carbocycles. The minimum Gasteiger partial charge on any atom is -0.357 e. The Morgan fingerprint density at radius 1 is 1.10 bits per heavy atom. The highest BCUT2D eigenvalue weighted by molar-refractivity contribution is 5.77. The van der Waals surface area contributed by atoms with Crippen molar-refractivity contribution in [3.8, 4) is 11.3 Å². The lowest BCUT2D eigenvalue weighted by atomic mass is 9.96. The first-order chi connectivity index (χ1) is 9.85. The zero-order chi connectivity index (χ0) is 15.7. The number of benzene rings is 1. The van der Waals surface area contributed by atoms with Crippen LogP contribution >= 0.6 is 0 Å². The van der Waals surface area contributed by atoms with Crippen LogP contribution in [0.15, 0.2) is 12.1 Å². The van der Waals surface area contributed by atoms with Crippen LogP contribution in [-0.4, -0.2) is 21.9 Å². The summed E-state index contributed by atoms with van der Waals surface area (Å²) in [4.78, 5) is 19.4. The molecule has 0 bridgehead atoms. The summed E-state index contributed by atoms with van der Waals surface area (Å²) in [6.45, 7) is 7.51. The second-order valence-electron chi connectivity index (χ2n) is 5.11. The Labute approximate surface area is 123 Å². The second kappa shape index (κ2) is 5.47. The van der Waals surface area contributed by atoms with E-state index in [9.17, 15) is 10.1 Å². The largest absolute Gasteiger partial charge is 0.357 e. The Hall–Kier alpha value is -2.50. The Balaban J connectivity index is 2.85. The van der Waals surface area contributed by atoms with E-state index < -0.39 is 4.92 Å². The predicted molar refractivity (Wildman–Crippen MR) is 82.6 cm³/mol. The number of nitrogens with one attached hydrogen (secondary N) is 1. The Morgan fingerprint density at radius 3 is 2.14 bits per heavy atom. The molecule has 1 aromatic heterocycles. The van der Waals surface area contributed by atoms with Crippen molar-refractivity contribution >= 4 is 11.6 Å². The molecule has 0 amide bonds. The maximum absolute atomic E-state index is 11.4. The summed E-state index contributed by atoms with van der Waals surface area (Å²) in [6, 6.07) is 4.01. The molecule has 0 fully saturated rings. The maximum atomic E-state index is 11.4.